The summed E-state index contributed by atoms with van der Waals surface area (Å²) in [6.45, 7) is 0. The minimum atomic E-state index is -0.917. The number of methoxy groups -OCH3 is 1. The highest BCUT2D eigenvalue weighted by Gasteiger charge is 2.15. The molecule has 2 rings (SSSR count). The lowest BCUT2D eigenvalue weighted by Crippen LogP contribution is -2.05. The van der Waals surface area contributed by atoms with Crippen molar-refractivity contribution in [2.45, 2.75) is 12.5 Å². The maximum absolute atomic E-state index is 13.6. The van der Waals surface area contributed by atoms with Crippen molar-refractivity contribution in [2.75, 3.05) is 7.11 Å². The van der Waals surface area contributed by atoms with Crippen molar-refractivity contribution in [1.82, 2.24) is 0 Å². The number of benzene rings is 2. The Labute approximate surface area is 124 Å². The zero-order valence-corrected chi connectivity index (χ0v) is 12.3. The molecule has 2 nitrogen and oxygen atoms in total. The predicted octanol–water partition coefficient (Wildman–Crippen LogP) is 4.01. The van der Waals surface area contributed by atoms with Gasteiger partial charge in [0.2, 0.25) is 0 Å². The zero-order valence-electron chi connectivity index (χ0n) is 10.7. The fourth-order valence-electron chi connectivity index (χ4n) is 1.91. The molecular formula is C15H13BrF2O2. The Morgan fingerprint density at radius 3 is 2.60 bits per heavy atom. The van der Waals surface area contributed by atoms with Crippen molar-refractivity contribution in [1.29, 1.82) is 0 Å². The van der Waals surface area contributed by atoms with Crippen LogP contribution in [0.2, 0.25) is 0 Å². The van der Waals surface area contributed by atoms with Crippen LogP contribution >= 0.6 is 15.9 Å². The number of hydrogen-bond acceptors (Lipinski definition) is 2. The van der Waals surface area contributed by atoms with E-state index in [4.69, 9.17) is 4.74 Å². The van der Waals surface area contributed by atoms with E-state index in [9.17, 15) is 13.9 Å². The Balaban J connectivity index is 2.25. The predicted molar refractivity (Wildman–Crippen MR) is 75.7 cm³/mol. The normalized spacial score (nSPS) is 12.2. The molecule has 2 aromatic rings. The molecule has 0 aromatic heterocycles. The van der Waals surface area contributed by atoms with E-state index in [0.29, 0.717) is 15.8 Å². The molecule has 0 aliphatic carbocycles. The number of aliphatic hydroxyl groups excluding tert-OH is 1. The van der Waals surface area contributed by atoms with E-state index in [1.807, 2.05) is 0 Å². The van der Waals surface area contributed by atoms with Gasteiger partial charge in [0.15, 0.2) is 0 Å². The van der Waals surface area contributed by atoms with Gasteiger partial charge in [0, 0.05) is 17.0 Å². The summed E-state index contributed by atoms with van der Waals surface area (Å²) in [5.41, 5.74) is 0.849. The molecule has 5 heteroatoms. The third-order valence-corrected chi connectivity index (χ3v) is 3.71. The minimum absolute atomic E-state index is 0.0535. The molecule has 20 heavy (non-hydrogen) atoms. The topological polar surface area (TPSA) is 29.5 Å². The number of hydrogen-bond donors (Lipinski definition) is 1. The van der Waals surface area contributed by atoms with Crippen LogP contribution in [0.1, 0.15) is 17.2 Å². The summed E-state index contributed by atoms with van der Waals surface area (Å²) >= 11 is 3.33. The molecule has 0 aliphatic heterocycles. The van der Waals surface area contributed by atoms with Crippen LogP contribution in [0.25, 0.3) is 0 Å². The summed E-state index contributed by atoms with van der Waals surface area (Å²) in [5.74, 6) is -0.701. The van der Waals surface area contributed by atoms with Gasteiger partial charge in [-0.05, 0) is 35.4 Å². The van der Waals surface area contributed by atoms with E-state index in [2.05, 4.69) is 15.9 Å². The van der Waals surface area contributed by atoms with Gasteiger partial charge in [-0.3, -0.25) is 0 Å². The molecule has 1 N–H and O–H groups in total. The first-order chi connectivity index (χ1) is 9.51. The molecule has 1 unspecified atom stereocenters. The second kappa shape index (κ2) is 6.33. The Morgan fingerprint density at radius 2 is 1.95 bits per heavy atom. The summed E-state index contributed by atoms with van der Waals surface area (Å²) in [4.78, 5) is 0. The smallest absolute Gasteiger partial charge is 0.129 e. The molecule has 0 radical (unpaired) electrons. The molecule has 106 valence electrons. The lowest BCUT2D eigenvalue weighted by Gasteiger charge is -2.14. The van der Waals surface area contributed by atoms with Crippen molar-refractivity contribution in [3.05, 3.63) is 63.6 Å². The van der Waals surface area contributed by atoms with Gasteiger partial charge in [-0.1, -0.05) is 22.0 Å². The number of halogens is 3. The molecule has 0 heterocycles. The SMILES string of the molecule is COc1ccc(Br)c(C(O)Cc2ccc(F)cc2F)c1. The van der Waals surface area contributed by atoms with Gasteiger partial charge >= 0.3 is 0 Å². The molecule has 2 aromatic carbocycles. The van der Waals surface area contributed by atoms with Crippen molar-refractivity contribution in [2.24, 2.45) is 0 Å². The monoisotopic (exact) mass is 342 g/mol. The lowest BCUT2D eigenvalue weighted by molar-refractivity contribution is 0.176. The van der Waals surface area contributed by atoms with Crippen LogP contribution in [-0.2, 0) is 6.42 Å². The Kier molecular flexibility index (Phi) is 4.73. The van der Waals surface area contributed by atoms with Crippen LogP contribution in [-0.4, -0.2) is 12.2 Å². The third kappa shape index (κ3) is 3.35. The van der Waals surface area contributed by atoms with Crippen molar-refractivity contribution in [3.8, 4) is 5.75 Å². The maximum Gasteiger partial charge on any atom is 0.129 e. The van der Waals surface area contributed by atoms with Crippen LogP contribution in [0.5, 0.6) is 5.75 Å². The highest BCUT2D eigenvalue weighted by molar-refractivity contribution is 9.10. The van der Waals surface area contributed by atoms with Crippen LogP contribution in [0.3, 0.4) is 0 Å². The molecule has 0 amide bonds. The van der Waals surface area contributed by atoms with Gasteiger partial charge in [0.05, 0.1) is 13.2 Å². The van der Waals surface area contributed by atoms with Crippen molar-refractivity contribution in [3.63, 3.8) is 0 Å². The fourth-order valence-corrected chi connectivity index (χ4v) is 2.42. The summed E-state index contributed by atoms with van der Waals surface area (Å²) in [6.07, 6.45) is -0.864. The summed E-state index contributed by atoms with van der Waals surface area (Å²) < 4.78 is 32.2. The Bertz CT molecular complexity index is 617. The standard InChI is InChI=1S/C15H13BrF2O2/c1-20-11-4-5-13(16)12(8-11)15(19)6-9-2-3-10(17)7-14(9)18/h2-5,7-8,15,19H,6H2,1H3. The van der Waals surface area contributed by atoms with E-state index < -0.39 is 17.7 Å². The molecule has 0 bridgehead atoms. The van der Waals surface area contributed by atoms with E-state index >= 15 is 0 Å². The summed E-state index contributed by atoms with van der Waals surface area (Å²) in [6, 6.07) is 8.49. The highest BCUT2D eigenvalue weighted by atomic mass is 79.9. The Hall–Kier alpha value is -1.46. The van der Waals surface area contributed by atoms with E-state index in [-0.39, 0.29) is 12.0 Å². The highest BCUT2D eigenvalue weighted by Crippen LogP contribution is 2.30. The molecular weight excluding hydrogens is 330 g/mol. The lowest BCUT2D eigenvalue weighted by atomic mass is 10.0. The van der Waals surface area contributed by atoms with Gasteiger partial charge in [0.1, 0.15) is 17.4 Å². The molecule has 0 fully saturated rings. The van der Waals surface area contributed by atoms with Gasteiger partial charge in [-0.2, -0.15) is 0 Å². The molecule has 0 saturated heterocycles. The molecule has 0 spiro atoms. The minimum Gasteiger partial charge on any atom is -0.497 e. The van der Waals surface area contributed by atoms with Crippen molar-refractivity contribution >= 4 is 15.9 Å². The second-order valence-corrected chi connectivity index (χ2v) is 5.20. The number of ether oxygens (including phenoxy) is 1. The first kappa shape index (κ1) is 14.9. The van der Waals surface area contributed by atoms with Gasteiger partial charge < -0.3 is 9.84 Å². The number of aliphatic hydroxyl groups is 1. The second-order valence-electron chi connectivity index (χ2n) is 4.34. The first-order valence-electron chi connectivity index (χ1n) is 5.96. The van der Waals surface area contributed by atoms with Crippen LogP contribution in [0.4, 0.5) is 8.78 Å². The quantitative estimate of drug-likeness (QED) is 0.909. The van der Waals surface area contributed by atoms with E-state index in [0.717, 1.165) is 6.07 Å². The van der Waals surface area contributed by atoms with Gasteiger partial charge in [-0.25, -0.2) is 8.78 Å². The third-order valence-electron chi connectivity index (χ3n) is 2.99. The van der Waals surface area contributed by atoms with Crippen molar-refractivity contribution < 1.29 is 18.6 Å². The largest absolute Gasteiger partial charge is 0.497 e. The molecule has 0 aliphatic rings. The van der Waals surface area contributed by atoms with Crippen LogP contribution in [0, 0.1) is 11.6 Å². The first-order valence-corrected chi connectivity index (χ1v) is 6.76. The van der Waals surface area contributed by atoms with Crippen LogP contribution < -0.4 is 4.74 Å². The summed E-state index contributed by atoms with van der Waals surface area (Å²) in [7, 11) is 1.53. The maximum atomic E-state index is 13.6. The number of rotatable bonds is 4. The average Bonchev–Trinajstić information content (AvgIpc) is 2.42. The Morgan fingerprint density at radius 1 is 1.20 bits per heavy atom. The van der Waals surface area contributed by atoms with E-state index in [1.54, 1.807) is 18.2 Å². The average molecular weight is 343 g/mol. The van der Waals surface area contributed by atoms with Gasteiger partial charge in [-0.15, -0.1) is 0 Å². The molecule has 0 saturated carbocycles. The van der Waals surface area contributed by atoms with E-state index in [1.165, 1.54) is 19.2 Å². The van der Waals surface area contributed by atoms with Crippen LogP contribution in [0.15, 0.2) is 40.9 Å². The zero-order chi connectivity index (χ0) is 14.7. The molecule has 1 atom stereocenters. The summed E-state index contributed by atoms with van der Waals surface area (Å²) in [5, 5.41) is 10.2. The van der Waals surface area contributed by atoms with Gasteiger partial charge in [0.25, 0.3) is 0 Å². The fraction of sp³-hybridized carbons (Fsp3) is 0.200.